The second-order valence-electron chi connectivity index (χ2n) is 7.92. The number of aliphatic hydroxyl groups is 1. The van der Waals surface area contributed by atoms with Gasteiger partial charge in [-0.3, -0.25) is 4.98 Å². The average molecular weight is 483 g/mol. The zero-order valence-electron chi connectivity index (χ0n) is 17.9. The van der Waals surface area contributed by atoms with Crippen LogP contribution in [0.3, 0.4) is 0 Å². The summed E-state index contributed by atoms with van der Waals surface area (Å²) < 4.78 is 13.2. The molecule has 1 fully saturated rings. The fourth-order valence-corrected chi connectivity index (χ4v) is 5.28. The van der Waals surface area contributed by atoms with E-state index >= 15 is 0 Å². The number of nitrogens with one attached hydrogen (secondary N) is 1. The first kappa shape index (κ1) is 21.8. The molecule has 31 heavy (non-hydrogen) atoms. The summed E-state index contributed by atoms with van der Waals surface area (Å²) >= 11 is 3.52. The number of hydrogen-bond acceptors (Lipinski definition) is 5. The van der Waals surface area contributed by atoms with Gasteiger partial charge in [-0.05, 0) is 50.2 Å². The third-order valence-corrected chi connectivity index (χ3v) is 6.68. The summed E-state index contributed by atoms with van der Waals surface area (Å²) in [6.45, 7) is 0. The molecule has 2 aromatic carbocycles. The predicted octanol–water partition coefficient (Wildman–Crippen LogP) is 4.74. The molecule has 2 aliphatic rings. The van der Waals surface area contributed by atoms with E-state index in [1.54, 1.807) is 19.5 Å². The van der Waals surface area contributed by atoms with Crippen molar-refractivity contribution in [1.29, 1.82) is 0 Å². The van der Waals surface area contributed by atoms with E-state index in [0.29, 0.717) is 23.5 Å². The van der Waals surface area contributed by atoms with Gasteiger partial charge in [-0.2, -0.15) is 0 Å². The molecule has 162 valence electrons. The van der Waals surface area contributed by atoms with Crippen LogP contribution in [0.15, 0.2) is 71.5 Å². The van der Waals surface area contributed by atoms with Gasteiger partial charge in [-0.25, -0.2) is 0 Å². The van der Waals surface area contributed by atoms with Gasteiger partial charge in [0.05, 0.1) is 25.1 Å². The highest BCUT2D eigenvalue weighted by Crippen LogP contribution is 2.67. The topological polar surface area (TPSA) is 63.6 Å². The molecule has 1 aliphatic carbocycles. The first-order valence-electron chi connectivity index (χ1n) is 10.3. The van der Waals surface area contributed by atoms with Crippen molar-refractivity contribution in [3.63, 3.8) is 0 Å². The molecule has 0 spiro atoms. The molecular weight excluding hydrogens is 456 g/mol. The monoisotopic (exact) mass is 482 g/mol. The lowest BCUT2D eigenvalue weighted by Gasteiger charge is -2.40. The summed E-state index contributed by atoms with van der Waals surface area (Å²) in [4.78, 5) is 4.25. The minimum Gasteiger partial charge on any atom is -0.495 e. The van der Waals surface area contributed by atoms with E-state index in [1.165, 1.54) is 0 Å². The lowest BCUT2D eigenvalue weighted by atomic mass is 9.72. The lowest BCUT2D eigenvalue weighted by molar-refractivity contribution is -0.106. The van der Waals surface area contributed by atoms with Gasteiger partial charge in [0, 0.05) is 10.4 Å². The van der Waals surface area contributed by atoms with Gasteiger partial charge in [0.25, 0.3) is 0 Å². The van der Waals surface area contributed by atoms with Crippen molar-refractivity contribution in [3.8, 4) is 11.5 Å². The van der Waals surface area contributed by atoms with Crippen molar-refractivity contribution in [2.24, 2.45) is 0 Å². The average Bonchev–Trinajstić information content (AvgIpc) is 3.22. The fraction of sp³-hybridized carbons (Fsp3) is 0.320. The Balaban J connectivity index is 0.000000730. The van der Waals surface area contributed by atoms with Crippen LogP contribution in [0.5, 0.6) is 11.5 Å². The predicted molar refractivity (Wildman–Crippen MR) is 125 cm³/mol. The number of rotatable bonds is 3. The van der Waals surface area contributed by atoms with Gasteiger partial charge < -0.3 is 19.9 Å². The number of hydrogen-bond donors (Lipinski definition) is 2. The Kier molecular flexibility index (Phi) is 6.06. The van der Waals surface area contributed by atoms with Gasteiger partial charge in [-0.1, -0.05) is 58.4 Å². The molecule has 0 amide bonds. The van der Waals surface area contributed by atoms with Gasteiger partial charge >= 0.3 is 0 Å². The molecular formula is C25H27BrN2O3. The Labute approximate surface area is 191 Å². The van der Waals surface area contributed by atoms with Crippen molar-refractivity contribution in [2.45, 2.75) is 30.0 Å². The Hall–Kier alpha value is -2.41. The maximum absolute atomic E-state index is 12.2. The fourth-order valence-electron chi connectivity index (χ4n) is 5.02. The third-order valence-electron chi connectivity index (χ3n) is 6.16. The highest BCUT2D eigenvalue weighted by atomic mass is 79.9. The summed E-state index contributed by atoms with van der Waals surface area (Å²) in [6, 6.07) is 18.3. The molecule has 0 saturated heterocycles. The normalized spacial score (nSPS) is 25.6. The van der Waals surface area contributed by atoms with Crippen molar-refractivity contribution < 1.29 is 14.6 Å². The molecule has 0 bridgehead atoms. The maximum atomic E-state index is 12.2. The van der Waals surface area contributed by atoms with Crippen LogP contribution in [0.4, 0.5) is 0 Å². The molecule has 5 nitrogen and oxygen atoms in total. The molecule has 1 saturated carbocycles. The second-order valence-corrected chi connectivity index (χ2v) is 8.84. The number of halogens is 1. The molecule has 3 aromatic rings. The molecule has 3 atom stereocenters. The van der Waals surface area contributed by atoms with E-state index in [-0.39, 0.29) is 5.92 Å². The number of aromatic nitrogens is 1. The van der Waals surface area contributed by atoms with Crippen LogP contribution in [0, 0.1) is 0 Å². The summed E-state index contributed by atoms with van der Waals surface area (Å²) in [5, 5.41) is 14.9. The number of ether oxygens (including phenoxy) is 2. The Morgan fingerprint density at radius 3 is 2.42 bits per heavy atom. The lowest BCUT2D eigenvalue weighted by Crippen LogP contribution is -2.48. The molecule has 0 radical (unpaired) electrons. The minimum absolute atomic E-state index is 0.00279. The quantitative estimate of drug-likeness (QED) is 0.564. The standard InChI is InChI=1S/C23H20BrNO3.C2H7N/c1-27-19-13-25-14-20-21(19)22(26)12-11-18(15-5-3-2-4-6-15)23(22,28-20)16-7-9-17(24)10-8-16;1-3-2/h2-10,13-14,18,26H,11-12H2,1H3;3H,1-2H3/t18-,22+,23-;/m0./s1. The van der Waals surface area contributed by atoms with Crippen molar-refractivity contribution in [3.05, 3.63) is 88.2 Å². The first-order chi connectivity index (χ1) is 15.0. The number of pyridine rings is 1. The summed E-state index contributed by atoms with van der Waals surface area (Å²) in [7, 11) is 5.35. The van der Waals surface area contributed by atoms with Crippen molar-refractivity contribution in [2.75, 3.05) is 21.2 Å². The molecule has 6 heteroatoms. The Morgan fingerprint density at radius 2 is 1.77 bits per heavy atom. The van der Waals surface area contributed by atoms with E-state index in [0.717, 1.165) is 22.0 Å². The number of nitrogens with zero attached hydrogens (tertiary/aromatic N) is 1. The number of methoxy groups -OCH3 is 1. The van der Waals surface area contributed by atoms with Crippen LogP contribution in [0.2, 0.25) is 0 Å². The minimum atomic E-state index is -1.20. The van der Waals surface area contributed by atoms with Crippen LogP contribution in [0.1, 0.15) is 35.4 Å². The van der Waals surface area contributed by atoms with E-state index in [2.05, 4.69) is 38.4 Å². The van der Waals surface area contributed by atoms with E-state index in [4.69, 9.17) is 9.47 Å². The van der Waals surface area contributed by atoms with E-state index < -0.39 is 11.2 Å². The van der Waals surface area contributed by atoms with Gasteiger partial charge in [0.2, 0.25) is 0 Å². The zero-order valence-corrected chi connectivity index (χ0v) is 19.5. The van der Waals surface area contributed by atoms with Gasteiger partial charge in [-0.15, -0.1) is 0 Å². The van der Waals surface area contributed by atoms with Crippen LogP contribution < -0.4 is 14.8 Å². The third kappa shape index (κ3) is 3.34. The molecule has 0 unspecified atom stereocenters. The number of fused-ring (bicyclic) bond motifs is 3. The van der Waals surface area contributed by atoms with Gasteiger partial charge in [0.1, 0.15) is 17.1 Å². The van der Waals surface area contributed by atoms with Crippen LogP contribution >= 0.6 is 15.9 Å². The Bertz CT molecular complexity index is 1040. The zero-order chi connectivity index (χ0) is 22.1. The molecule has 1 aromatic heterocycles. The van der Waals surface area contributed by atoms with Crippen molar-refractivity contribution >= 4 is 15.9 Å². The summed E-state index contributed by atoms with van der Waals surface area (Å²) in [5.41, 5.74) is 0.661. The SMILES string of the molecule is CNC.COc1cncc2c1[C@]1(O)CC[C@@H](c3ccccc3)[C@]1(c1ccc(Br)cc1)O2. The summed E-state index contributed by atoms with van der Waals surface area (Å²) in [5.74, 6) is 1.15. The maximum Gasteiger partial charge on any atom is 0.174 e. The van der Waals surface area contributed by atoms with Crippen molar-refractivity contribution in [1.82, 2.24) is 10.3 Å². The molecule has 2 heterocycles. The first-order valence-corrected chi connectivity index (χ1v) is 11.1. The van der Waals surface area contributed by atoms with Crippen LogP contribution in [0.25, 0.3) is 0 Å². The van der Waals surface area contributed by atoms with E-state index in [1.807, 2.05) is 56.6 Å². The highest BCUT2D eigenvalue weighted by Gasteiger charge is 2.69. The van der Waals surface area contributed by atoms with Crippen LogP contribution in [-0.2, 0) is 11.2 Å². The largest absolute Gasteiger partial charge is 0.495 e. The number of benzene rings is 2. The summed E-state index contributed by atoms with van der Waals surface area (Å²) in [6.07, 6.45) is 4.71. The Morgan fingerprint density at radius 1 is 1.10 bits per heavy atom. The van der Waals surface area contributed by atoms with E-state index in [9.17, 15) is 5.11 Å². The smallest absolute Gasteiger partial charge is 0.174 e. The van der Waals surface area contributed by atoms with Gasteiger partial charge in [0.15, 0.2) is 5.60 Å². The molecule has 2 N–H and O–H groups in total. The molecule has 5 rings (SSSR count). The van der Waals surface area contributed by atoms with Crippen LogP contribution in [-0.4, -0.2) is 31.3 Å². The highest BCUT2D eigenvalue weighted by molar-refractivity contribution is 9.10. The molecule has 1 aliphatic heterocycles. The second kappa shape index (κ2) is 8.61.